The van der Waals surface area contributed by atoms with Crippen LogP contribution in [0.15, 0.2) is 72.8 Å². The van der Waals surface area contributed by atoms with Crippen LogP contribution in [0.2, 0.25) is 5.15 Å². The zero-order valence-corrected chi connectivity index (χ0v) is 22.8. The first-order chi connectivity index (χ1) is 19.3. The number of esters is 2. The first kappa shape index (κ1) is 28.3. The molecular formula is C30H24ClFN2O6. The van der Waals surface area contributed by atoms with Crippen molar-refractivity contribution in [1.29, 1.82) is 0 Å². The Labute approximate surface area is 234 Å². The molecule has 0 saturated carbocycles. The number of carbonyl (C=O) groups is 2. The molecule has 0 amide bonds. The number of halogens is 2. The highest BCUT2D eigenvalue weighted by Gasteiger charge is 2.23. The third-order valence-corrected chi connectivity index (χ3v) is 6.20. The van der Waals surface area contributed by atoms with E-state index in [1.165, 1.54) is 40.6 Å². The van der Waals surface area contributed by atoms with E-state index in [9.17, 15) is 14.0 Å². The van der Waals surface area contributed by atoms with Gasteiger partial charge in [0.2, 0.25) is 0 Å². The summed E-state index contributed by atoms with van der Waals surface area (Å²) in [6.07, 6.45) is 0. The maximum absolute atomic E-state index is 13.6. The molecule has 5 aromatic rings. The van der Waals surface area contributed by atoms with E-state index in [1.807, 2.05) is 18.2 Å². The Morgan fingerprint density at radius 3 is 1.75 bits per heavy atom. The zero-order valence-electron chi connectivity index (χ0n) is 22.0. The highest BCUT2D eigenvalue weighted by Crippen LogP contribution is 2.37. The fourth-order valence-electron chi connectivity index (χ4n) is 4.18. The van der Waals surface area contributed by atoms with Crippen molar-refractivity contribution in [2.45, 2.75) is 0 Å². The molecule has 5 rings (SSSR count). The van der Waals surface area contributed by atoms with Crippen LogP contribution in [0.5, 0.6) is 11.5 Å². The number of fused-ring (bicyclic) bond motifs is 2. The molecule has 8 nitrogen and oxygen atoms in total. The van der Waals surface area contributed by atoms with E-state index in [2.05, 4.69) is 9.97 Å². The molecule has 0 spiro atoms. The first-order valence-corrected chi connectivity index (χ1v) is 12.2. The van der Waals surface area contributed by atoms with Gasteiger partial charge in [0, 0.05) is 16.3 Å². The van der Waals surface area contributed by atoms with E-state index in [1.54, 1.807) is 42.5 Å². The Bertz CT molecular complexity index is 1730. The van der Waals surface area contributed by atoms with Gasteiger partial charge in [-0.25, -0.2) is 23.9 Å². The lowest BCUT2D eigenvalue weighted by Gasteiger charge is -2.14. The topological polar surface area (TPSA) is 96.8 Å². The molecule has 0 bridgehead atoms. The summed E-state index contributed by atoms with van der Waals surface area (Å²) in [6, 6.07) is 20.3. The summed E-state index contributed by atoms with van der Waals surface area (Å²) in [5.41, 5.74) is 2.72. The van der Waals surface area contributed by atoms with Gasteiger partial charge >= 0.3 is 11.9 Å². The summed E-state index contributed by atoms with van der Waals surface area (Å²) in [4.78, 5) is 32.7. The molecule has 10 heteroatoms. The summed E-state index contributed by atoms with van der Waals surface area (Å²) in [5.74, 6) is -0.919. The van der Waals surface area contributed by atoms with Crippen LogP contribution in [0, 0.1) is 5.82 Å². The van der Waals surface area contributed by atoms with Crippen LogP contribution in [-0.4, -0.2) is 50.3 Å². The normalized spacial score (nSPS) is 10.4. The molecule has 0 saturated heterocycles. The van der Waals surface area contributed by atoms with Crippen molar-refractivity contribution < 1.29 is 32.9 Å². The van der Waals surface area contributed by atoms with Crippen molar-refractivity contribution in [3.05, 3.63) is 94.9 Å². The van der Waals surface area contributed by atoms with Gasteiger partial charge < -0.3 is 18.9 Å². The molecule has 0 N–H and O–H groups in total. The van der Waals surface area contributed by atoms with Crippen molar-refractivity contribution in [1.82, 2.24) is 9.97 Å². The van der Waals surface area contributed by atoms with Crippen LogP contribution in [0.1, 0.15) is 20.7 Å². The largest absolute Gasteiger partial charge is 0.494 e. The summed E-state index contributed by atoms with van der Waals surface area (Å²) in [6.45, 7) is 0. The minimum atomic E-state index is -0.530. The molecule has 40 heavy (non-hydrogen) atoms. The smallest absolute Gasteiger partial charge is 0.342 e. The fourth-order valence-corrected chi connectivity index (χ4v) is 4.45. The highest BCUT2D eigenvalue weighted by atomic mass is 35.5. The van der Waals surface area contributed by atoms with Gasteiger partial charge in [-0.15, -0.1) is 0 Å². The second kappa shape index (κ2) is 12.4. The molecule has 0 unspecified atom stereocenters. The van der Waals surface area contributed by atoms with Gasteiger partial charge in [0.25, 0.3) is 0 Å². The number of methoxy groups -OCH3 is 4. The van der Waals surface area contributed by atoms with Crippen molar-refractivity contribution >= 4 is 45.3 Å². The minimum absolute atomic E-state index is 0.145. The molecule has 0 radical (unpaired) electrons. The molecule has 0 fully saturated rings. The van der Waals surface area contributed by atoms with E-state index in [0.717, 1.165) is 0 Å². The van der Waals surface area contributed by atoms with Crippen LogP contribution < -0.4 is 9.47 Å². The minimum Gasteiger partial charge on any atom is -0.494 e. The highest BCUT2D eigenvalue weighted by molar-refractivity contribution is 6.32. The molecule has 3 aromatic carbocycles. The summed E-state index contributed by atoms with van der Waals surface area (Å²) in [7, 11) is 5.49. The monoisotopic (exact) mass is 562 g/mol. The van der Waals surface area contributed by atoms with Gasteiger partial charge in [0.05, 0.1) is 39.5 Å². The lowest BCUT2D eigenvalue weighted by Crippen LogP contribution is -2.07. The van der Waals surface area contributed by atoms with E-state index in [-0.39, 0.29) is 28.0 Å². The Kier molecular flexibility index (Phi) is 8.76. The standard InChI is InChI=1S/C18H14FNO3.C12H10ClNO3/c1-22-17-15(18(21)23-2)13-8-3-4-9-14(13)20-16(17)11-6-5-7-12(19)10-11;1-16-10-9(12(15)17-2)7-5-3-4-6-8(7)14-11(10)13/h3-10H,1-2H3;3-6H,1-2H3. The van der Waals surface area contributed by atoms with Crippen LogP contribution in [0.25, 0.3) is 33.1 Å². The van der Waals surface area contributed by atoms with Gasteiger partial charge in [0.1, 0.15) is 22.6 Å². The number of aromatic nitrogens is 2. The van der Waals surface area contributed by atoms with Gasteiger partial charge in [-0.1, -0.05) is 60.1 Å². The first-order valence-electron chi connectivity index (χ1n) is 11.9. The number of hydrogen-bond acceptors (Lipinski definition) is 8. The Morgan fingerprint density at radius 2 is 1.23 bits per heavy atom. The summed E-state index contributed by atoms with van der Waals surface area (Å²) >= 11 is 5.97. The van der Waals surface area contributed by atoms with Gasteiger partial charge in [0.15, 0.2) is 16.7 Å². The van der Waals surface area contributed by atoms with Crippen molar-refractivity contribution in [3.8, 4) is 22.8 Å². The Hall–Kier alpha value is -4.76. The third-order valence-electron chi connectivity index (χ3n) is 5.94. The third kappa shape index (κ3) is 5.50. The van der Waals surface area contributed by atoms with Crippen molar-refractivity contribution in [2.75, 3.05) is 28.4 Å². The molecule has 0 atom stereocenters. The van der Waals surface area contributed by atoms with Gasteiger partial charge in [-0.2, -0.15) is 0 Å². The number of ether oxygens (including phenoxy) is 4. The number of hydrogen-bond donors (Lipinski definition) is 0. The van der Waals surface area contributed by atoms with E-state index in [4.69, 9.17) is 30.5 Å². The van der Waals surface area contributed by atoms with Gasteiger partial charge in [-0.05, 0) is 24.3 Å². The predicted octanol–water partition coefficient (Wildman–Crippen LogP) is 6.52. The number of nitrogens with zero attached hydrogens (tertiary/aromatic N) is 2. The lowest BCUT2D eigenvalue weighted by molar-refractivity contribution is 0.0590. The molecule has 2 heterocycles. The number of para-hydroxylation sites is 2. The second-order valence-corrected chi connectivity index (χ2v) is 8.57. The molecule has 2 aromatic heterocycles. The lowest BCUT2D eigenvalue weighted by atomic mass is 10.0. The number of pyridine rings is 2. The van der Waals surface area contributed by atoms with Crippen molar-refractivity contribution in [2.24, 2.45) is 0 Å². The van der Waals surface area contributed by atoms with Crippen molar-refractivity contribution in [3.63, 3.8) is 0 Å². The van der Waals surface area contributed by atoms with E-state index >= 15 is 0 Å². The molecule has 0 aliphatic carbocycles. The SMILES string of the molecule is COC(=O)c1c(OC)c(-c2cccc(F)c2)nc2ccccc12.COC(=O)c1c(OC)c(Cl)nc2ccccc12. The average molecular weight is 563 g/mol. The number of benzene rings is 3. The Balaban J connectivity index is 0.000000194. The quantitative estimate of drug-likeness (QED) is 0.176. The molecule has 0 aliphatic rings. The number of carbonyl (C=O) groups excluding carboxylic acids is 2. The second-order valence-electron chi connectivity index (χ2n) is 8.21. The van der Waals surface area contributed by atoms with E-state index in [0.29, 0.717) is 38.6 Å². The molecular weight excluding hydrogens is 539 g/mol. The average Bonchev–Trinajstić information content (AvgIpc) is 2.98. The fraction of sp³-hybridized carbons (Fsp3) is 0.133. The zero-order chi connectivity index (χ0) is 28.8. The van der Waals surface area contributed by atoms with Crippen LogP contribution in [0.3, 0.4) is 0 Å². The maximum Gasteiger partial charge on any atom is 0.342 e. The van der Waals surface area contributed by atoms with Crippen LogP contribution >= 0.6 is 11.6 Å². The maximum atomic E-state index is 13.6. The Morgan fingerprint density at radius 1 is 0.700 bits per heavy atom. The van der Waals surface area contributed by atoms with Crippen LogP contribution in [-0.2, 0) is 9.47 Å². The molecule has 0 aliphatic heterocycles. The summed E-state index contributed by atoms with van der Waals surface area (Å²) in [5, 5.41) is 1.42. The van der Waals surface area contributed by atoms with Gasteiger partial charge in [-0.3, -0.25) is 0 Å². The van der Waals surface area contributed by atoms with E-state index < -0.39 is 11.9 Å². The van der Waals surface area contributed by atoms with Crippen LogP contribution in [0.4, 0.5) is 4.39 Å². The molecule has 204 valence electrons. The number of rotatable bonds is 5. The predicted molar refractivity (Wildman–Crippen MR) is 150 cm³/mol. The summed E-state index contributed by atoms with van der Waals surface area (Å²) < 4.78 is 33.7.